The highest BCUT2D eigenvalue weighted by Crippen LogP contribution is 1.98. The number of rotatable bonds is 5. The molecule has 0 amide bonds. The second kappa shape index (κ2) is 12.1. The molecule has 0 bridgehead atoms. The fourth-order valence-electron chi connectivity index (χ4n) is 1.03. The van der Waals surface area contributed by atoms with E-state index >= 15 is 0 Å². The quantitative estimate of drug-likeness (QED) is 0.451. The first-order valence-electron chi connectivity index (χ1n) is 5.83. The van der Waals surface area contributed by atoms with Crippen molar-refractivity contribution in [2.45, 2.75) is 65.2 Å². The van der Waals surface area contributed by atoms with E-state index in [1.807, 2.05) is 0 Å². The topological polar surface area (TPSA) is 0 Å². The Hall–Kier alpha value is -0.880. The van der Waals surface area contributed by atoms with Crippen LogP contribution in [-0.2, 0) is 0 Å². The Morgan fingerprint density at radius 2 is 0.929 bits per heavy atom. The molecule has 0 rings (SSSR count). The average molecular weight is 190 g/mol. The fraction of sp³-hybridized carbons (Fsp3) is 0.714. The molecular weight excluding hydrogens is 168 g/mol. The van der Waals surface area contributed by atoms with Gasteiger partial charge in [-0.3, -0.25) is 0 Å². The molecule has 0 saturated heterocycles. The molecule has 0 aromatic heterocycles. The van der Waals surface area contributed by atoms with Gasteiger partial charge in [-0.05, 0) is 25.7 Å². The third-order valence-corrected chi connectivity index (χ3v) is 1.85. The van der Waals surface area contributed by atoms with Gasteiger partial charge in [0.15, 0.2) is 0 Å². The third-order valence-electron chi connectivity index (χ3n) is 1.85. The van der Waals surface area contributed by atoms with E-state index in [-0.39, 0.29) is 0 Å². The van der Waals surface area contributed by atoms with Gasteiger partial charge in [-0.2, -0.15) is 0 Å². The van der Waals surface area contributed by atoms with Gasteiger partial charge in [-0.25, -0.2) is 0 Å². The van der Waals surface area contributed by atoms with Crippen molar-refractivity contribution in [3.05, 3.63) is 0 Å². The molecule has 14 heavy (non-hydrogen) atoms. The van der Waals surface area contributed by atoms with Crippen molar-refractivity contribution in [2.24, 2.45) is 0 Å². The van der Waals surface area contributed by atoms with Gasteiger partial charge in [-0.1, -0.05) is 13.8 Å². The molecule has 0 aromatic carbocycles. The first kappa shape index (κ1) is 13.1. The summed E-state index contributed by atoms with van der Waals surface area (Å²) >= 11 is 0. The zero-order valence-corrected chi connectivity index (χ0v) is 9.66. The minimum atomic E-state index is 1.05. The molecule has 0 aliphatic carbocycles. The standard InChI is InChI=1S/C14H22/c1-3-5-7-9-11-13-14-12-10-8-6-4-2/h3-6,11-14H2,1-2H3. The van der Waals surface area contributed by atoms with E-state index < -0.39 is 0 Å². The van der Waals surface area contributed by atoms with Crippen LogP contribution in [-0.4, -0.2) is 0 Å². The van der Waals surface area contributed by atoms with Crippen molar-refractivity contribution in [3.8, 4) is 23.7 Å². The number of hydrogen-bond donors (Lipinski definition) is 0. The van der Waals surface area contributed by atoms with Crippen LogP contribution in [0.4, 0.5) is 0 Å². The van der Waals surface area contributed by atoms with Gasteiger partial charge in [0.1, 0.15) is 0 Å². The van der Waals surface area contributed by atoms with Gasteiger partial charge in [0.05, 0.1) is 0 Å². The maximum atomic E-state index is 3.19. The maximum Gasteiger partial charge on any atom is 0.00890 e. The second-order valence-electron chi connectivity index (χ2n) is 3.41. The molecule has 0 N–H and O–H groups in total. The van der Waals surface area contributed by atoms with Gasteiger partial charge >= 0.3 is 0 Å². The summed E-state index contributed by atoms with van der Waals surface area (Å²) < 4.78 is 0. The Morgan fingerprint density at radius 3 is 1.29 bits per heavy atom. The van der Waals surface area contributed by atoms with Crippen LogP contribution < -0.4 is 0 Å². The molecule has 0 fully saturated rings. The summed E-state index contributed by atoms with van der Waals surface area (Å²) in [6.07, 6.45) is 8.97. The first-order chi connectivity index (χ1) is 6.91. The highest BCUT2D eigenvalue weighted by Gasteiger charge is 1.82. The van der Waals surface area contributed by atoms with E-state index in [2.05, 4.69) is 37.5 Å². The van der Waals surface area contributed by atoms with Crippen LogP contribution in [0.3, 0.4) is 0 Å². The van der Waals surface area contributed by atoms with Gasteiger partial charge in [-0.15, -0.1) is 23.7 Å². The molecule has 0 spiro atoms. The van der Waals surface area contributed by atoms with Crippen LogP contribution in [0.2, 0.25) is 0 Å². The van der Waals surface area contributed by atoms with Crippen LogP contribution in [0.25, 0.3) is 0 Å². The minimum absolute atomic E-state index is 1.05. The van der Waals surface area contributed by atoms with Crippen LogP contribution >= 0.6 is 0 Å². The highest BCUT2D eigenvalue weighted by atomic mass is 13.9. The highest BCUT2D eigenvalue weighted by molar-refractivity contribution is 5.00. The normalized spacial score (nSPS) is 8.43. The molecule has 0 aliphatic rings. The summed E-state index contributed by atoms with van der Waals surface area (Å²) in [4.78, 5) is 0. The molecule has 0 radical (unpaired) electrons. The lowest BCUT2D eigenvalue weighted by atomic mass is 10.2. The molecule has 0 unspecified atom stereocenters. The zero-order chi connectivity index (χ0) is 10.5. The second-order valence-corrected chi connectivity index (χ2v) is 3.41. The number of hydrogen-bond acceptors (Lipinski definition) is 0. The van der Waals surface area contributed by atoms with Crippen LogP contribution in [0.5, 0.6) is 0 Å². The monoisotopic (exact) mass is 190 g/mol. The van der Waals surface area contributed by atoms with Gasteiger partial charge < -0.3 is 0 Å². The third kappa shape index (κ3) is 11.1. The van der Waals surface area contributed by atoms with E-state index in [1.54, 1.807) is 0 Å². The minimum Gasteiger partial charge on any atom is -0.103 e. The van der Waals surface area contributed by atoms with Crippen molar-refractivity contribution in [1.29, 1.82) is 0 Å². The van der Waals surface area contributed by atoms with E-state index in [1.165, 1.54) is 25.7 Å². The van der Waals surface area contributed by atoms with E-state index in [4.69, 9.17) is 0 Å². The van der Waals surface area contributed by atoms with Crippen LogP contribution in [0.1, 0.15) is 65.2 Å². The van der Waals surface area contributed by atoms with Crippen molar-refractivity contribution in [3.63, 3.8) is 0 Å². The molecule has 0 heteroatoms. The summed E-state index contributed by atoms with van der Waals surface area (Å²) in [5, 5.41) is 0. The van der Waals surface area contributed by atoms with Crippen LogP contribution in [0, 0.1) is 23.7 Å². The average Bonchev–Trinajstić information content (AvgIpc) is 2.21. The molecule has 0 nitrogen and oxygen atoms in total. The molecule has 0 aliphatic heterocycles. The molecule has 0 atom stereocenters. The zero-order valence-electron chi connectivity index (χ0n) is 9.66. The predicted molar refractivity (Wildman–Crippen MR) is 63.8 cm³/mol. The predicted octanol–water partition coefficient (Wildman–Crippen LogP) is 4.15. The summed E-state index contributed by atoms with van der Waals surface area (Å²) in [5.74, 6) is 12.7. The summed E-state index contributed by atoms with van der Waals surface area (Å²) in [6, 6.07) is 0. The lowest BCUT2D eigenvalue weighted by molar-refractivity contribution is 0.781. The Kier molecular flexibility index (Phi) is 11.4. The Morgan fingerprint density at radius 1 is 0.571 bits per heavy atom. The summed E-state index contributed by atoms with van der Waals surface area (Å²) in [7, 11) is 0. The smallest absolute Gasteiger partial charge is 0.00890 e. The lowest BCUT2D eigenvalue weighted by Crippen LogP contribution is -1.73. The molecular formula is C14H22. The lowest BCUT2D eigenvalue weighted by Gasteiger charge is -1.88. The Labute approximate surface area is 89.5 Å². The first-order valence-corrected chi connectivity index (χ1v) is 5.83. The van der Waals surface area contributed by atoms with Crippen molar-refractivity contribution in [1.82, 2.24) is 0 Å². The summed E-state index contributed by atoms with van der Waals surface area (Å²) in [6.45, 7) is 4.33. The van der Waals surface area contributed by atoms with E-state index in [0.29, 0.717) is 0 Å². The maximum absolute atomic E-state index is 3.19. The van der Waals surface area contributed by atoms with Crippen molar-refractivity contribution in [2.75, 3.05) is 0 Å². The van der Waals surface area contributed by atoms with E-state index in [9.17, 15) is 0 Å². The van der Waals surface area contributed by atoms with Gasteiger partial charge in [0.2, 0.25) is 0 Å². The Bertz CT molecular complexity index is 190. The van der Waals surface area contributed by atoms with Gasteiger partial charge in [0.25, 0.3) is 0 Å². The SMILES string of the molecule is CCCC#CCCCCC#CCCC. The fourth-order valence-corrected chi connectivity index (χ4v) is 1.03. The van der Waals surface area contributed by atoms with Gasteiger partial charge in [0, 0.05) is 25.7 Å². The molecule has 0 heterocycles. The Balaban J connectivity index is 3.16. The molecule has 0 saturated carbocycles. The van der Waals surface area contributed by atoms with Crippen LogP contribution in [0.15, 0.2) is 0 Å². The number of unbranched alkanes of at least 4 members (excludes halogenated alkanes) is 5. The molecule has 0 aromatic rings. The van der Waals surface area contributed by atoms with Crippen molar-refractivity contribution >= 4 is 0 Å². The summed E-state index contributed by atoms with van der Waals surface area (Å²) in [5.41, 5.74) is 0. The molecule has 78 valence electrons. The van der Waals surface area contributed by atoms with E-state index in [0.717, 1.165) is 25.7 Å². The largest absolute Gasteiger partial charge is 0.103 e. The van der Waals surface area contributed by atoms with Crippen molar-refractivity contribution < 1.29 is 0 Å².